The number of nitrogens with zero attached hydrogens (tertiary/aromatic N) is 1. The Labute approximate surface area is 245 Å². The molecule has 228 valence electrons. The number of alkyl carbamates (subject to hydrolysis) is 1. The SMILES string of the molecule is CC(C)(C)OC(=O)NC1(C(=O)N[C@H](Cc2ccccc2)C(=O)NCC2CCN(CC3CCOCC3)CC2)CCCC1. The lowest BCUT2D eigenvalue weighted by atomic mass is 9.93. The number of rotatable bonds is 10. The van der Waals surface area contributed by atoms with Gasteiger partial charge >= 0.3 is 6.09 Å². The van der Waals surface area contributed by atoms with Crippen molar-refractivity contribution in [2.45, 2.75) is 95.7 Å². The van der Waals surface area contributed by atoms with Crippen molar-refractivity contribution in [2.24, 2.45) is 11.8 Å². The van der Waals surface area contributed by atoms with Crippen LogP contribution in [0.5, 0.6) is 0 Å². The average molecular weight is 571 g/mol. The molecule has 2 heterocycles. The van der Waals surface area contributed by atoms with Crippen LogP contribution in [0.1, 0.15) is 77.7 Å². The van der Waals surface area contributed by atoms with Gasteiger partial charge in [-0.05, 0) is 89.8 Å². The van der Waals surface area contributed by atoms with Crippen LogP contribution < -0.4 is 16.0 Å². The van der Waals surface area contributed by atoms with Gasteiger partial charge in [-0.3, -0.25) is 9.59 Å². The maximum atomic E-state index is 13.7. The Morgan fingerprint density at radius 3 is 2.29 bits per heavy atom. The number of hydrogen-bond acceptors (Lipinski definition) is 6. The number of nitrogens with one attached hydrogen (secondary N) is 3. The lowest BCUT2D eigenvalue weighted by molar-refractivity contribution is -0.132. The largest absolute Gasteiger partial charge is 0.444 e. The summed E-state index contributed by atoms with van der Waals surface area (Å²) in [6.45, 7) is 11.0. The molecule has 0 bridgehead atoms. The molecule has 1 aromatic carbocycles. The van der Waals surface area contributed by atoms with E-state index in [4.69, 9.17) is 9.47 Å². The fourth-order valence-corrected chi connectivity index (χ4v) is 6.28. The number of ether oxygens (including phenoxy) is 2. The number of hydrogen-bond donors (Lipinski definition) is 3. The highest BCUT2D eigenvalue weighted by Gasteiger charge is 2.44. The molecule has 4 rings (SSSR count). The highest BCUT2D eigenvalue weighted by atomic mass is 16.6. The zero-order valence-electron chi connectivity index (χ0n) is 25.2. The fourth-order valence-electron chi connectivity index (χ4n) is 6.28. The van der Waals surface area contributed by atoms with E-state index in [-0.39, 0.29) is 11.8 Å². The van der Waals surface area contributed by atoms with E-state index in [9.17, 15) is 14.4 Å². The number of piperidine rings is 1. The number of amides is 3. The molecule has 1 saturated carbocycles. The monoisotopic (exact) mass is 570 g/mol. The predicted octanol–water partition coefficient (Wildman–Crippen LogP) is 3.81. The molecule has 1 aromatic rings. The van der Waals surface area contributed by atoms with Crippen molar-refractivity contribution in [3.8, 4) is 0 Å². The van der Waals surface area contributed by atoms with Crippen LogP contribution >= 0.6 is 0 Å². The molecule has 1 aliphatic carbocycles. The fraction of sp³-hybridized carbons (Fsp3) is 0.719. The zero-order valence-corrected chi connectivity index (χ0v) is 25.2. The van der Waals surface area contributed by atoms with Crippen molar-refractivity contribution in [3.05, 3.63) is 35.9 Å². The van der Waals surface area contributed by atoms with Gasteiger partial charge in [-0.15, -0.1) is 0 Å². The zero-order chi connectivity index (χ0) is 29.3. The predicted molar refractivity (Wildman–Crippen MR) is 158 cm³/mol. The molecule has 41 heavy (non-hydrogen) atoms. The van der Waals surface area contributed by atoms with Gasteiger partial charge in [-0.2, -0.15) is 0 Å². The van der Waals surface area contributed by atoms with E-state index in [0.717, 1.165) is 82.9 Å². The summed E-state index contributed by atoms with van der Waals surface area (Å²) in [6, 6.07) is 8.99. The van der Waals surface area contributed by atoms with E-state index in [1.807, 2.05) is 30.3 Å². The van der Waals surface area contributed by atoms with Crippen LogP contribution in [-0.2, 0) is 25.5 Å². The van der Waals surface area contributed by atoms with Gasteiger partial charge in [0.05, 0.1) is 0 Å². The van der Waals surface area contributed by atoms with Crippen LogP contribution in [0.2, 0.25) is 0 Å². The standard InChI is InChI=1S/C32H50N4O5/c1-31(2,3)41-30(39)35-32(15-7-8-16-32)29(38)34-27(21-24-9-5-4-6-10-24)28(37)33-22-25-11-17-36(18-12-25)23-26-13-19-40-20-14-26/h4-6,9-10,25-27H,7-8,11-23H2,1-3H3,(H,33,37)(H,34,38)(H,35,39)/t27-/m1/s1. The second-order valence-corrected chi connectivity index (χ2v) is 13.2. The molecule has 3 N–H and O–H groups in total. The molecule has 1 atom stereocenters. The summed E-state index contributed by atoms with van der Waals surface area (Å²) in [5.74, 6) is 0.652. The Morgan fingerprint density at radius 1 is 1.00 bits per heavy atom. The van der Waals surface area contributed by atoms with Crippen molar-refractivity contribution in [1.82, 2.24) is 20.9 Å². The minimum Gasteiger partial charge on any atom is -0.444 e. The Hall–Kier alpha value is -2.65. The quantitative estimate of drug-likeness (QED) is 0.395. The summed E-state index contributed by atoms with van der Waals surface area (Å²) in [5.41, 5.74) is -0.777. The van der Waals surface area contributed by atoms with Crippen LogP contribution in [0.25, 0.3) is 0 Å². The van der Waals surface area contributed by atoms with Crippen LogP contribution in [0.15, 0.2) is 30.3 Å². The van der Waals surface area contributed by atoms with Gasteiger partial charge in [-0.25, -0.2) is 4.79 Å². The third-order valence-electron chi connectivity index (χ3n) is 8.67. The molecular weight excluding hydrogens is 520 g/mol. The average Bonchev–Trinajstić information content (AvgIpc) is 3.42. The highest BCUT2D eigenvalue weighted by Crippen LogP contribution is 2.31. The van der Waals surface area contributed by atoms with Gasteiger partial charge in [0, 0.05) is 32.7 Å². The van der Waals surface area contributed by atoms with Gasteiger partial charge in [0.25, 0.3) is 0 Å². The van der Waals surface area contributed by atoms with Crippen molar-refractivity contribution in [3.63, 3.8) is 0 Å². The summed E-state index contributed by atoms with van der Waals surface area (Å²) >= 11 is 0. The molecule has 0 radical (unpaired) electrons. The summed E-state index contributed by atoms with van der Waals surface area (Å²) in [5, 5.41) is 9.02. The van der Waals surface area contributed by atoms with Gasteiger partial charge < -0.3 is 30.3 Å². The lowest BCUT2D eigenvalue weighted by Crippen LogP contribution is -2.61. The van der Waals surface area contributed by atoms with Gasteiger partial charge in [0.15, 0.2) is 0 Å². The van der Waals surface area contributed by atoms with Crippen molar-refractivity contribution in [2.75, 3.05) is 39.4 Å². The van der Waals surface area contributed by atoms with E-state index >= 15 is 0 Å². The summed E-state index contributed by atoms with van der Waals surface area (Å²) in [4.78, 5) is 42.4. The molecule has 3 aliphatic rings. The third kappa shape index (κ3) is 9.70. The molecule has 0 unspecified atom stereocenters. The Kier molecular flexibility index (Phi) is 11.1. The maximum Gasteiger partial charge on any atom is 0.408 e. The van der Waals surface area contributed by atoms with E-state index in [0.29, 0.717) is 31.7 Å². The van der Waals surface area contributed by atoms with Gasteiger partial charge in [-0.1, -0.05) is 43.2 Å². The molecule has 3 fully saturated rings. The van der Waals surface area contributed by atoms with Crippen LogP contribution in [0, 0.1) is 11.8 Å². The smallest absolute Gasteiger partial charge is 0.408 e. The van der Waals surface area contributed by atoms with Gasteiger partial charge in [0.2, 0.25) is 11.8 Å². The Morgan fingerprint density at radius 2 is 1.66 bits per heavy atom. The second-order valence-electron chi connectivity index (χ2n) is 13.2. The Balaban J connectivity index is 1.34. The molecule has 0 aromatic heterocycles. The van der Waals surface area contributed by atoms with Crippen molar-refractivity contribution >= 4 is 17.9 Å². The number of carbonyl (C=O) groups is 3. The minimum absolute atomic E-state index is 0.183. The number of likely N-dealkylation sites (tertiary alicyclic amines) is 1. The van der Waals surface area contributed by atoms with Crippen LogP contribution in [-0.4, -0.2) is 79.4 Å². The molecule has 9 heteroatoms. The molecule has 3 amide bonds. The van der Waals surface area contributed by atoms with Crippen molar-refractivity contribution in [1.29, 1.82) is 0 Å². The summed E-state index contributed by atoms with van der Waals surface area (Å²) in [6.07, 6.45) is 6.88. The van der Waals surface area contributed by atoms with E-state index in [1.165, 1.54) is 0 Å². The van der Waals surface area contributed by atoms with Crippen molar-refractivity contribution < 1.29 is 23.9 Å². The van der Waals surface area contributed by atoms with Crippen LogP contribution in [0.4, 0.5) is 4.79 Å². The molecule has 2 saturated heterocycles. The molecule has 9 nitrogen and oxygen atoms in total. The van der Waals surface area contributed by atoms with E-state index < -0.39 is 23.3 Å². The first kappa shape index (κ1) is 31.3. The maximum absolute atomic E-state index is 13.7. The first-order chi connectivity index (χ1) is 19.6. The molecular formula is C32H50N4O5. The third-order valence-corrected chi connectivity index (χ3v) is 8.67. The van der Waals surface area contributed by atoms with E-state index in [1.54, 1.807) is 20.8 Å². The van der Waals surface area contributed by atoms with Gasteiger partial charge in [0.1, 0.15) is 17.2 Å². The van der Waals surface area contributed by atoms with Crippen LogP contribution in [0.3, 0.4) is 0 Å². The first-order valence-corrected chi connectivity index (χ1v) is 15.6. The normalized spacial score (nSPS) is 21.1. The topological polar surface area (TPSA) is 109 Å². The number of benzene rings is 1. The Bertz CT molecular complexity index is 991. The molecule has 2 aliphatic heterocycles. The minimum atomic E-state index is -1.07. The van der Waals surface area contributed by atoms with E-state index in [2.05, 4.69) is 20.9 Å². The second kappa shape index (κ2) is 14.5. The number of carbonyl (C=O) groups excluding carboxylic acids is 3. The highest BCUT2D eigenvalue weighted by molar-refractivity contribution is 5.94. The summed E-state index contributed by atoms with van der Waals surface area (Å²) in [7, 11) is 0. The first-order valence-electron chi connectivity index (χ1n) is 15.6. The lowest BCUT2D eigenvalue weighted by Gasteiger charge is -2.35. The molecule has 0 spiro atoms. The summed E-state index contributed by atoms with van der Waals surface area (Å²) < 4.78 is 11.0.